The van der Waals surface area contributed by atoms with Crippen molar-refractivity contribution in [2.45, 2.75) is 25.3 Å². The first kappa shape index (κ1) is 14.7. The fraction of sp³-hybridized carbons (Fsp3) is 0.429. The van der Waals surface area contributed by atoms with Crippen LogP contribution in [0.2, 0.25) is 0 Å². The van der Waals surface area contributed by atoms with E-state index in [-0.39, 0.29) is 11.3 Å². The number of hydrogen-bond acceptors (Lipinski definition) is 4. The molecule has 1 heterocycles. The van der Waals surface area contributed by atoms with Crippen molar-refractivity contribution < 1.29 is 19.4 Å². The average Bonchev–Trinajstić information content (AvgIpc) is 2.81. The summed E-state index contributed by atoms with van der Waals surface area (Å²) >= 11 is 1.47. The van der Waals surface area contributed by atoms with Crippen molar-refractivity contribution in [2.75, 3.05) is 12.4 Å². The summed E-state index contributed by atoms with van der Waals surface area (Å²) in [6.07, 6.45) is 0. The fourth-order valence-corrected chi connectivity index (χ4v) is 3.37. The highest BCUT2D eigenvalue weighted by atomic mass is 32.2. The Kier molecular flexibility index (Phi) is 4.54. The molecular formula is C14H17NO4S. The molecule has 0 bridgehead atoms. The van der Waals surface area contributed by atoms with Gasteiger partial charge in [0.25, 0.3) is 5.91 Å². The van der Waals surface area contributed by atoms with Crippen LogP contribution in [0.1, 0.15) is 24.2 Å². The van der Waals surface area contributed by atoms with Gasteiger partial charge in [0, 0.05) is 5.75 Å². The van der Waals surface area contributed by atoms with E-state index in [0.717, 1.165) is 0 Å². The molecule has 20 heavy (non-hydrogen) atoms. The molecule has 0 aromatic heterocycles. The summed E-state index contributed by atoms with van der Waals surface area (Å²) in [6, 6.07) is 6.15. The number of aliphatic carboxylic acids is 1. The van der Waals surface area contributed by atoms with Crippen LogP contribution in [-0.4, -0.2) is 45.7 Å². The maximum absolute atomic E-state index is 12.6. The normalized spacial score (nSPS) is 21.8. The lowest BCUT2D eigenvalue weighted by Gasteiger charge is -2.25. The van der Waals surface area contributed by atoms with Crippen LogP contribution in [0.4, 0.5) is 0 Å². The van der Waals surface area contributed by atoms with E-state index in [1.807, 2.05) is 13.8 Å². The zero-order chi connectivity index (χ0) is 14.7. The quantitative estimate of drug-likeness (QED) is 0.921. The Bertz CT molecular complexity index is 520. The topological polar surface area (TPSA) is 66.8 Å². The molecule has 0 aliphatic carbocycles. The predicted octanol–water partition coefficient (Wildman–Crippen LogP) is 2.07. The number of thioether (sulfide) groups is 1. The summed E-state index contributed by atoms with van der Waals surface area (Å²) in [5.74, 6) is -0.352. The Morgan fingerprint density at radius 1 is 1.45 bits per heavy atom. The zero-order valence-electron chi connectivity index (χ0n) is 11.4. The van der Waals surface area contributed by atoms with Crippen molar-refractivity contribution in [3.8, 4) is 5.75 Å². The van der Waals surface area contributed by atoms with E-state index in [0.29, 0.717) is 23.7 Å². The number of amides is 1. The Morgan fingerprint density at radius 2 is 2.15 bits per heavy atom. The Morgan fingerprint density at radius 3 is 2.80 bits per heavy atom. The van der Waals surface area contributed by atoms with E-state index in [4.69, 9.17) is 4.74 Å². The molecule has 2 unspecified atom stereocenters. The molecule has 2 rings (SSSR count). The van der Waals surface area contributed by atoms with Crippen molar-refractivity contribution in [3.05, 3.63) is 29.8 Å². The Balaban J connectivity index is 2.32. The van der Waals surface area contributed by atoms with Crippen molar-refractivity contribution in [1.29, 1.82) is 0 Å². The third-order valence-corrected chi connectivity index (χ3v) is 4.38. The third kappa shape index (κ3) is 2.75. The van der Waals surface area contributed by atoms with Gasteiger partial charge in [-0.05, 0) is 26.0 Å². The van der Waals surface area contributed by atoms with E-state index in [2.05, 4.69) is 0 Å². The predicted molar refractivity (Wildman–Crippen MR) is 77.1 cm³/mol. The van der Waals surface area contributed by atoms with Crippen LogP contribution in [-0.2, 0) is 4.79 Å². The van der Waals surface area contributed by atoms with E-state index < -0.39 is 12.0 Å². The van der Waals surface area contributed by atoms with Gasteiger partial charge in [0.1, 0.15) is 11.8 Å². The number of benzene rings is 1. The summed E-state index contributed by atoms with van der Waals surface area (Å²) < 4.78 is 5.45. The highest BCUT2D eigenvalue weighted by molar-refractivity contribution is 8.00. The molecule has 1 aromatic rings. The fourth-order valence-electron chi connectivity index (χ4n) is 2.21. The number of rotatable bonds is 4. The number of carbonyl (C=O) groups excluding carboxylic acids is 1. The molecule has 1 fully saturated rings. The van der Waals surface area contributed by atoms with Crippen LogP contribution >= 0.6 is 11.8 Å². The zero-order valence-corrected chi connectivity index (χ0v) is 12.2. The van der Waals surface area contributed by atoms with Crippen molar-refractivity contribution in [2.24, 2.45) is 0 Å². The van der Waals surface area contributed by atoms with Crippen LogP contribution in [0.25, 0.3) is 0 Å². The van der Waals surface area contributed by atoms with Gasteiger partial charge in [-0.25, -0.2) is 4.79 Å². The molecular weight excluding hydrogens is 278 g/mol. The Hall–Kier alpha value is -1.69. The number of hydrogen-bond donors (Lipinski definition) is 1. The number of carbonyl (C=O) groups is 2. The first-order valence-electron chi connectivity index (χ1n) is 6.45. The minimum Gasteiger partial charge on any atom is -0.493 e. The van der Waals surface area contributed by atoms with Crippen LogP contribution in [0.3, 0.4) is 0 Å². The standard InChI is InChI=1S/C14H17NO4S/c1-3-19-12-7-5-4-6-10(12)13(16)15-9(2)20-8-11(15)14(17)18/h4-7,9,11H,3,8H2,1-2H3,(H,17,18). The van der Waals surface area contributed by atoms with E-state index in [9.17, 15) is 14.7 Å². The number of carboxylic acid groups (broad SMARTS) is 1. The van der Waals surface area contributed by atoms with Crippen molar-refractivity contribution in [3.63, 3.8) is 0 Å². The SMILES string of the molecule is CCOc1ccccc1C(=O)N1C(C)SCC1C(=O)O. The molecule has 1 saturated heterocycles. The highest BCUT2D eigenvalue weighted by Gasteiger charge is 2.40. The molecule has 0 saturated carbocycles. The minimum absolute atomic E-state index is 0.154. The first-order valence-corrected chi connectivity index (χ1v) is 7.50. The lowest BCUT2D eigenvalue weighted by molar-refractivity contribution is -0.141. The summed E-state index contributed by atoms with van der Waals surface area (Å²) in [5, 5.41) is 9.08. The molecule has 1 aromatic carbocycles. The molecule has 2 atom stereocenters. The lowest BCUT2D eigenvalue weighted by atomic mass is 10.1. The maximum Gasteiger partial charge on any atom is 0.327 e. The summed E-state index contributed by atoms with van der Waals surface area (Å²) in [4.78, 5) is 25.3. The van der Waals surface area contributed by atoms with E-state index >= 15 is 0 Å². The number of carboxylic acids is 1. The molecule has 1 aliphatic heterocycles. The largest absolute Gasteiger partial charge is 0.493 e. The smallest absolute Gasteiger partial charge is 0.327 e. The molecule has 108 valence electrons. The van der Waals surface area contributed by atoms with Crippen LogP contribution in [0.15, 0.2) is 24.3 Å². The van der Waals surface area contributed by atoms with Gasteiger partial charge in [0.15, 0.2) is 0 Å². The van der Waals surface area contributed by atoms with Gasteiger partial charge in [-0.1, -0.05) is 12.1 Å². The van der Waals surface area contributed by atoms with Crippen LogP contribution in [0.5, 0.6) is 5.75 Å². The second-order valence-electron chi connectivity index (χ2n) is 4.43. The molecule has 5 nitrogen and oxygen atoms in total. The molecule has 1 aliphatic rings. The van der Waals surface area contributed by atoms with Crippen LogP contribution < -0.4 is 4.74 Å². The summed E-state index contributed by atoms with van der Waals surface area (Å²) in [6.45, 7) is 4.14. The summed E-state index contributed by atoms with van der Waals surface area (Å²) in [5.41, 5.74) is 0.412. The maximum atomic E-state index is 12.6. The number of ether oxygens (including phenoxy) is 1. The van der Waals surface area contributed by atoms with Gasteiger partial charge in [-0.3, -0.25) is 4.79 Å². The third-order valence-electron chi connectivity index (χ3n) is 3.16. The van der Waals surface area contributed by atoms with Crippen LogP contribution in [0, 0.1) is 0 Å². The van der Waals surface area contributed by atoms with Gasteiger partial charge in [0.05, 0.1) is 17.5 Å². The molecule has 1 N–H and O–H groups in total. The minimum atomic E-state index is -0.968. The van der Waals surface area contributed by atoms with Gasteiger partial charge in [0.2, 0.25) is 0 Å². The highest BCUT2D eigenvalue weighted by Crippen LogP contribution is 2.32. The number of nitrogens with zero attached hydrogens (tertiary/aromatic N) is 1. The van der Waals surface area contributed by atoms with Gasteiger partial charge in [-0.15, -0.1) is 11.8 Å². The summed E-state index contributed by atoms with van der Waals surface area (Å²) in [7, 11) is 0. The van der Waals surface area contributed by atoms with Gasteiger partial charge in [-0.2, -0.15) is 0 Å². The molecule has 0 radical (unpaired) electrons. The number of para-hydroxylation sites is 1. The van der Waals surface area contributed by atoms with Gasteiger partial charge >= 0.3 is 5.97 Å². The molecule has 0 spiro atoms. The van der Waals surface area contributed by atoms with Crippen molar-refractivity contribution in [1.82, 2.24) is 4.90 Å². The van der Waals surface area contributed by atoms with E-state index in [1.54, 1.807) is 24.3 Å². The first-order chi connectivity index (χ1) is 9.56. The van der Waals surface area contributed by atoms with Gasteiger partial charge < -0.3 is 14.7 Å². The molecule has 6 heteroatoms. The Labute approximate surface area is 121 Å². The monoisotopic (exact) mass is 295 g/mol. The second-order valence-corrected chi connectivity index (χ2v) is 5.78. The second kappa shape index (κ2) is 6.17. The van der Waals surface area contributed by atoms with E-state index in [1.165, 1.54) is 16.7 Å². The van der Waals surface area contributed by atoms with Crippen molar-refractivity contribution >= 4 is 23.6 Å². The molecule has 1 amide bonds. The lowest BCUT2D eigenvalue weighted by Crippen LogP contribution is -2.44. The average molecular weight is 295 g/mol.